The first-order valence-corrected chi connectivity index (χ1v) is 7.17. The Hall–Kier alpha value is -2.14. The van der Waals surface area contributed by atoms with E-state index in [1.165, 1.54) is 0 Å². The molecule has 0 fully saturated rings. The molecule has 112 valence electrons. The van der Waals surface area contributed by atoms with Gasteiger partial charge in [0.05, 0.1) is 13.2 Å². The highest BCUT2D eigenvalue weighted by Gasteiger charge is 2.06. The third-order valence-electron chi connectivity index (χ3n) is 2.97. The average molecular weight is 288 g/mol. The summed E-state index contributed by atoms with van der Waals surface area (Å²) in [6.45, 7) is 3.58. The zero-order chi connectivity index (χ0) is 14.9. The maximum absolute atomic E-state index is 11.2. The molecule has 0 aliphatic heterocycles. The van der Waals surface area contributed by atoms with Crippen molar-refractivity contribution in [3.8, 4) is 11.3 Å². The standard InChI is InChI=1S/C16H20N2O3/c1-2-20-16(19)9-6-10-17-12-14-11-15(18-21-14)13-7-4-3-5-8-13/h3-5,7-8,11,17H,2,6,9-10,12H2,1H3. The van der Waals surface area contributed by atoms with Crippen molar-refractivity contribution in [3.05, 3.63) is 42.2 Å². The molecule has 0 radical (unpaired) electrons. The fraction of sp³-hybridized carbons (Fsp3) is 0.375. The van der Waals surface area contributed by atoms with Crippen LogP contribution in [0.25, 0.3) is 11.3 Å². The minimum Gasteiger partial charge on any atom is -0.466 e. The Balaban J connectivity index is 1.70. The first-order valence-electron chi connectivity index (χ1n) is 7.17. The largest absolute Gasteiger partial charge is 0.466 e. The molecule has 0 spiro atoms. The van der Waals surface area contributed by atoms with Crippen LogP contribution in [0.4, 0.5) is 0 Å². The van der Waals surface area contributed by atoms with Crippen LogP contribution in [-0.4, -0.2) is 24.3 Å². The molecule has 0 saturated carbocycles. The number of hydrogen-bond acceptors (Lipinski definition) is 5. The first kappa shape index (κ1) is 15.3. The van der Waals surface area contributed by atoms with Crippen LogP contribution < -0.4 is 5.32 Å². The molecule has 0 atom stereocenters. The SMILES string of the molecule is CCOC(=O)CCCNCc1cc(-c2ccccc2)no1. The monoisotopic (exact) mass is 288 g/mol. The average Bonchev–Trinajstić information content (AvgIpc) is 2.97. The molecule has 0 unspecified atom stereocenters. The molecule has 0 aliphatic rings. The molecule has 2 rings (SSSR count). The lowest BCUT2D eigenvalue weighted by Gasteiger charge is -2.02. The van der Waals surface area contributed by atoms with E-state index in [2.05, 4.69) is 10.5 Å². The molecule has 1 heterocycles. The van der Waals surface area contributed by atoms with Crippen molar-refractivity contribution < 1.29 is 14.1 Å². The normalized spacial score (nSPS) is 10.5. The molecular weight excluding hydrogens is 268 g/mol. The van der Waals surface area contributed by atoms with Gasteiger partial charge < -0.3 is 14.6 Å². The first-order chi connectivity index (χ1) is 10.3. The van der Waals surface area contributed by atoms with Gasteiger partial charge >= 0.3 is 5.97 Å². The second-order valence-corrected chi connectivity index (χ2v) is 4.63. The van der Waals surface area contributed by atoms with Gasteiger partial charge in [0.15, 0.2) is 5.76 Å². The van der Waals surface area contributed by atoms with Crippen LogP contribution in [0, 0.1) is 0 Å². The summed E-state index contributed by atoms with van der Waals surface area (Å²) in [5.41, 5.74) is 1.87. The van der Waals surface area contributed by atoms with Gasteiger partial charge in [0, 0.05) is 18.1 Å². The highest BCUT2D eigenvalue weighted by molar-refractivity contribution is 5.69. The van der Waals surface area contributed by atoms with Crippen LogP contribution in [0.2, 0.25) is 0 Å². The summed E-state index contributed by atoms with van der Waals surface area (Å²) in [7, 11) is 0. The van der Waals surface area contributed by atoms with Crippen LogP contribution in [0.1, 0.15) is 25.5 Å². The summed E-state index contributed by atoms with van der Waals surface area (Å²) in [5.74, 6) is 0.635. The van der Waals surface area contributed by atoms with E-state index in [0.29, 0.717) is 19.6 Å². The summed E-state index contributed by atoms with van der Waals surface area (Å²) in [6.07, 6.45) is 1.19. The van der Waals surface area contributed by atoms with Crippen LogP contribution in [0.3, 0.4) is 0 Å². The summed E-state index contributed by atoms with van der Waals surface area (Å²) >= 11 is 0. The lowest BCUT2D eigenvalue weighted by Crippen LogP contribution is -2.16. The second kappa shape index (κ2) is 8.21. The van der Waals surface area contributed by atoms with Gasteiger partial charge in [0.25, 0.3) is 0 Å². The smallest absolute Gasteiger partial charge is 0.305 e. The third-order valence-corrected chi connectivity index (χ3v) is 2.97. The molecule has 5 nitrogen and oxygen atoms in total. The Morgan fingerprint density at radius 1 is 1.33 bits per heavy atom. The van der Waals surface area contributed by atoms with Crippen molar-refractivity contribution in [2.45, 2.75) is 26.3 Å². The highest BCUT2D eigenvalue weighted by atomic mass is 16.5. The summed E-state index contributed by atoms with van der Waals surface area (Å²) in [5, 5.41) is 7.27. The predicted molar refractivity (Wildman–Crippen MR) is 79.5 cm³/mol. The van der Waals surface area contributed by atoms with Gasteiger partial charge in [-0.05, 0) is 19.9 Å². The zero-order valence-electron chi connectivity index (χ0n) is 12.2. The Morgan fingerprint density at radius 2 is 2.14 bits per heavy atom. The lowest BCUT2D eigenvalue weighted by atomic mass is 10.1. The molecule has 0 saturated heterocycles. The topological polar surface area (TPSA) is 64.4 Å². The molecule has 1 aromatic heterocycles. The quantitative estimate of drug-likeness (QED) is 0.597. The number of hydrogen-bond donors (Lipinski definition) is 1. The Morgan fingerprint density at radius 3 is 2.90 bits per heavy atom. The Kier molecular flexibility index (Phi) is 5.97. The molecule has 2 aromatic rings. The number of rotatable bonds is 8. The second-order valence-electron chi connectivity index (χ2n) is 4.63. The molecule has 21 heavy (non-hydrogen) atoms. The molecule has 5 heteroatoms. The van der Waals surface area contributed by atoms with Crippen LogP contribution in [-0.2, 0) is 16.1 Å². The van der Waals surface area contributed by atoms with Gasteiger partial charge in [-0.3, -0.25) is 4.79 Å². The fourth-order valence-corrected chi connectivity index (χ4v) is 1.94. The van der Waals surface area contributed by atoms with E-state index in [4.69, 9.17) is 9.26 Å². The maximum Gasteiger partial charge on any atom is 0.305 e. The van der Waals surface area contributed by atoms with Gasteiger partial charge in [0.2, 0.25) is 0 Å². The van der Waals surface area contributed by atoms with Crippen LogP contribution in [0.15, 0.2) is 40.9 Å². The lowest BCUT2D eigenvalue weighted by molar-refractivity contribution is -0.143. The minimum atomic E-state index is -0.148. The summed E-state index contributed by atoms with van der Waals surface area (Å²) in [6, 6.07) is 11.8. The van der Waals surface area contributed by atoms with Crippen molar-refractivity contribution in [1.29, 1.82) is 0 Å². The number of carbonyl (C=O) groups excluding carboxylic acids is 1. The van der Waals surface area contributed by atoms with E-state index in [1.54, 1.807) is 0 Å². The molecule has 0 amide bonds. The Bertz CT molecular complexity index is 552. The predicted octanol–water partition coefficient (Wildman–Crippen LogP) is 2.77. The summed E-state index contributed by atoms with van der Waals surface area (Å²) in [4.78, 5) is 11.2. The van der Waals surface area contributed by atoms with Crippen molar-refractivity contribution in [2.24, 2.45) is 0 Å². The van der Waals surface area contributed by atoms with Crippen molar-refractivity contribution in [2.75, 3.05) is 13.2 Å². The highest BCUT2D eigenvalue weighted by Crippen LogP contribution is 2.18. The van der Waals surface area contributed by atoms with Gasteiger partial charge in [-0.2, -0.15) is 0 Å². The molecule has 0 aliphatic carbocycles. The zero-order valence-corrected chi connectivity index (χ0v) is 12.2. The number of esters is 1. The van der Waals surface area contributed by atoms with E-state index >= 15 is 0 Å². The van der Waals surface area contributed by atoms with Crippen LogP contribution in [0.5, 0.6) is 0 Å². The molecule has 1 N–H and O–H groups in total. The number of nitrogens with zero attached hydrogens (tertiary/aromatic N) is 1. The van der Waals surface area contributed by atoms with Gasteiger partial charge in [-0.25, -0.2) is 0 Å². The number of aromatic nitrogens is 1. The van der Waals surface area contributed by atoms with Crippen molar-refractivity contribution in [3.63, 3.8) is 0 Å². The number of carbonyl (C=O) groups is 1. The number of ether oxygens (including phenoxy) is 1. The van der Waals surface area contributed by atoms with E-state index in [9.17, 15) is 4.79 Å². The number of nitrogens with one attached hydrogen (secondary N) is 1. The maximum atomic E-state index is 11.2. The van der Waals surface area contributed by atoms with E-state index in [0.717, 1.165) is 30.0 Å². The van der Waals surface area contributed by atoms with Crippen molar-refractivity contribution in [1.82, 2.24) is 10.5 Å². The molecule has 0 bridgehead atoms. The van der Waals surface area contributed by atoms with Crippen molar-refractivity contribution >= 4 is 5.97 Å². The molecule has 1 aromatic carbocycles. The van der Waals surface area contributed by atoms with Gasteiger partial charge in [-0.15, -0.1) is 0 Å². The van der Waals surface area contributed by atoms with Crippen LogP contribution >= 0.6 is 0 Å². The fourth-order valence-electron chi connectivity index (χ4n) is 1.94. The summed E-state index contributed by atoms with van der Waals surface area (Å²) < 4.78 is 10.1. The van der Waals surface area contributed by atoms with E-state index in [-0.39, 0.29) is 5.97 Å². The molecular formula is C16H20N2O3. The Labute approximate surface area is 124 Å². The number of benzene rings is 1. The van der Waals surface area contributed by atoms with E-state index < -0.39 is 0 Å². The minimum absolute atomic E-state index is 0.148. The van der Waals surface area contributed by atoms with Gasteiger partial charge in [-0.1, -0.05) is 35.5 Å². The van der Waals surface area contributed by atoms with E-state index in [1.807, 2.05) is 43.3 Å². The third kappa shape index (κ3) is 5.04. The van der Waals surface area contributed by atoms with Gasteiger partial charge in [0.1, 0.15) is 5.69 Å².